The smallest absolute Gasteiger partial charge is 0.296 e. The van der Waals surface area contributed by atoms with E-state index in [-0.39, 0.29) is 16.3 Å². The summed E-state index contributed by atoms with van der Waals surface area (Å²) >= 11 is 1.81. The molecule has 0 atom stereocenters. The number of nitrogen functional groups attached to an aromatic ring is 1. The van der Waals surface area contributed by atoms with Crippen molar-refractivity contribution in [3.63, 3.8) is 0 Å². The maximum absolute atomic E-state index is 11.2. The Balaban J connectivity index is 2.39. The molecule has 0 saturated carbocycles. The van der Waals surface area contributed by atoms with Gasteiger partial charge in [0.2, 0.25) is 0 Å². The molecule has 2 aromatic carbocycles. The van der Waals surface area contributed by atoms with Crippen LogP contribution in [0, 0.1) is 3.57 Å². The van der Waals surface area contributed by atoms with Crippen molar-refractivity contribution < 1.29 is 25.9 Å². The third-order valence-electron chi connectivity index (χ3n) is 2.77. The molecule has 0 aliphatic rings. The first-order valence-corrected chi connectivity index (χ1v) is 10.00. The predicted octanol–water partition coefficient (Wildman–Crippen LogP) is 2.78. The van der Waals surface area contributed by atoms with Crippen LogP contribution in [0.3, 0.4) is 0 Å². The van der Waals surface area contributed by atoms with Crippen LogP contribution in [0.15, 0.2) is 56.4 Å². The Morgan fingerprint density at radius 1 is 0.917 bits per heavy atom. The first-order chi connectivity index (χ1) is 11.0. The zero-order chi connectivity index (χ0) is 18.1. The second kappa shape index (κ2) is 6.72. The van der Waals surface area contributed by atoms with Crippen LogP contribution in [0.1, 0.15) is 0 Å². The van der Waals surface area contributed by atoms with Crippen LogP contribution >= 0.6 is 22.6 Å². The van der Waals surface area contributed by atoms with E-state index in [9.17, 15) is 16.8 Å². The summed E-state index contributed by atoms with van der Waals surface area (Å²) in [5, 5.41) is 7.70. The molecule has 0 saturated heterocycles. The predicted molar refractivity (Wildman–Crippen MR) is 93.8 cm³/mol. The van der Waals surface area contributed by atoms with Crippen LogP contribution in [0.5, 0.6) is 0 Å². The molecule has 2 aromatic rings. The molecule has 0 bridgehead atoms. The van der Waals surface area contributed by atoms with Crippen LogP contribution in [0.25, 0.3) is 0 Å². The molecule has 4 N–H and O–H groups in total. The summed E-state index contributed by atoms with van der Waals surface area (Å²) in [6.07, 6.45) is 0. The van der Waals surface area contributed by atoms with Gasteiger partial charge in [-0.05, 0) is 59.0 Å². The third-order valence-corrected chi connectivity index (χ3v) is 5.39. The number of anilines is 1. The molecule has 24 heavy (non-hydrogen) atoms. The molecule has 0 fully saturated rings. The van der Waals surface area contributed by atoms with E-state index in [1.54, 1.807) is 0 Å². The Labute approximate surface area is 151 Å². The number of nitrogens with zero attached hydrogens (tertiary/aromatic N) is 2. The van der Waals surface area contributed by atoms with Crippen molar-refractivity contribution in [2.75, 3.05) is 5.73 Å². The van der Waals surface area contributed by atoms with Crippen LogP contribution in [-0.2, 0) is 20.2 Å². The fourth-order valence-corrected chi connectivity index (χ4v) is 3.63. The van der Waals surface area contributed by atoms with E-state index in [0.29, 0.717) is 9.26 Å². The lowest BCUT2D eigenvalue weighted by molar-refractivity contribution is 0.481. The molecule has 0 heterocycles. The lowest BCUT2D eigenvalue weighted by Gasteiger charge is -2.03. The summed E-state index contributed by atoms with van der Waals surface area (Å²) in [4.78, 5) is -0.776. The van der Waals surface area contributed by atoms with Gasteiger partial charge in [-0.25, -0.2) is 0 Å². The van der Waals surface area contributed by atoms with Gasteiger partial charge in [-0.1, -0.05) is 0 Å². The van der Waals surface area contributed by atoms with E-state index >= 15 is 0 Å². The normalized spacial score (nSPS) is 12.6. The Hall–Kier alpha value is -1.61. The van der Waals surface area contributed by atoms with Crippen molar-refractivity contribution >= 4 is 59.9 Å². The standard InChI is InChI=1S/C12H10IN3O6S2/c13-9-6-8(23(17,18)19)2-4-11(9)16-15-7-1-3-10(14)12(5-7)24(20,21)22/h1-6H,14H2,(H,17,18,19)(H,20,21,22). The molecule has 0 radical (unpaired) electrons. The highest BCUT2D eigenvalue weighted by atomic mass is 127. The van der Waals surface area contributed by atoms with Crippen LogP contribution in [0.4, 0.5) is 17.1 Å². The van der Waals surface area contributed by atoms with E-state index < -0.39 is 25.1 Å². The van der Waals surface area contributed by atoms with E-state index in [4.69, 9.17) is 14.8 Å². The van der Waals surface area contributed by atoms with Crippen LogP contribution in [-0.4, -0.2) is 25.9 Å². The van der Waals surface area contributed by atoms with E-state index in [2.05, 4.69) is 10.2 Å². The number of halogens is 1. The Morgan fingerprint density at radius 3 is 2.12 bits per heavy atom. The van der Waals surface area contributed by atoms with Crippen molar-refractivity contribution in [1.29, 1.82) is 0 Å². The highest BCUT2D eigenvalue weighted by molar-refractivity contribution is 14.1. The van der Waals surface area contributed by atoms with Gasteiger partial charge in [-0.3, -0.25) is 9.11 Å². The summed E-state index contributed by atoms with van der Waals surface area (Å²) in [5.41, 5.74) is 5.75. The second-order valence-corrected chi connectivity index (χ2v) is 8.46. The molecular formula is C12H10IN3O6S2. The molecule has 12 heteroatoms. The summed E-state index contributed by atoms with van der Waals surface area (Å²) in [6, 6.07) is 7.38. The first-order valence-electron chi connectivity index (χ1n) is 6.04. The van der Waals surface area contributed by atoms with Gasteiger partial charge in [0.25, 0.3) is 20.2 Å². The number of rotatable bonds is 4. The SMILES string of the molecule is Nc1ccc(N=Nc2ccc(S(=O)(=O)O)cc2I)cc1S(=O)(=O)O. The molecule has 0 aromatic heterocycles. The quantitative estimate of drug-likeness (QED) is 0.261. The van der Waals surface area contributed by atoms with Crippen LogP contribution in [0.2, 0.25) is 0 Å². The van der Waals surface area contributed by atoms with Crippen molar-refractivity contribution in [1.82, 2.24) is 0 Å². The van der Waals surface area contributed by atoms with Gasteiger partial charge in [0.05, 0.1) is 22.0 Å². The largest absolute Gasteiger partial charge is 0.398 e. The van der Waals surface area contributed by atoms with Gasteiger partial charge in [-0.15, -0.1) is 5.11 Å². The Kier molecular flexibility index (Phi) is 5.24. The van der Waals surface area contributed by atoms with Gasteiger partial charge in [0, 0.05) is 3.57 Å². The monoisotopic (exact) mass is 483 g/mol. The minimum atomic E-state index is -4.49. The molecule has 0 aliphatic carbocycles. The van der Waals surface area contributed by atoms with Crippen molar-refractivity contribution in [3.05, 3.63) is 40.0 Å². The topological polar surface area (TPSA) is 159 Å². The van der Waals surface area contributed by atoms with Crippen molar-refractivity contribution in [3.8, 4) is 0 Å². The van der Waals surface area contributed by atoms with E-state index in [1.165, 1.54) is 24.3 Å². The summed E-state index contributed by atoms with van der Waals surface area (Å²) in [7, 11) is -8.81. The number of hydrogen-bond donors (Lipinski definition) is 3. The molecule has 9 nitrogen and oxygen atoms in total. The average Bonchev–Trinajstić information content (AvgIpc) is 2.45. The van der Waals surface area contributed by atoms with Gasteiger partial charge in [0.1, 0.15) is 4.90 Å². The van der Waals surface area contributed by atoms with Gasteiger partial charge in [0.15, 0.2) is 0 Å². The van der Waals surface area contributed by atoms with Crippen molar-refractivity contribution in [2.24, 2.45) is 10.2 Å². The number of azo groups is 1. The fourth-order valence-electron chi connectivity index (χ4n) is 1.65. The second-order valence-electron chi connectivity index (χ2n) is 4.49. The highest BCUT2D eigenvalue weighted by Crippen LogP contribution is 2.28. The minimum absolute atomic E-state index is 0.117. The van der Waals surface area contributed by atoms with E-state index in [1.807, 2.05) is 22.6 Å². The summed E-state index contributed by atoms with van der Waals surface area (Å²) in [6.45, 7) is 0. The zero-order valence-corrected chi connectivity index (χ0v) is 15.4. The van der Waals surface area contributed by atoms with Crippen LogP contribution < -0.4 is 5.73 Å². The summed E-state index contributed by atoms with van der Waals surface area (Å²) in [5.74, 6) is 0. The molecule has 0 aliphatic heterocycles. The molecule has 0 spiro atoms. The van der Waals surface area contributed by atoms with E-state index in [0.717, 1.165) is 12.1 Å². The van der Waals surface area contributed by atoms with Gasteiger partial charge < -0.3 is 5.73 Å². The molecular weight excluding hydrogens is 473 g/mol. The number of hydrogen-bond acceptors (Lipinski definition) is 7. The van der Waals surface area contributed by atoms with Gasteiger partial charge in [-0.2, -0.15) is 21.9 Å². The molecule has 2 rings (SSSR count). The number of benzene rings is 2. The maximum atomic E-state index is 11.2. The van der Waals surface area contributed by atoms with Crippen molar-refractivity contribution in [2.45, 2.75) is 9.79 Å². The number of nitrogens with two attached hydrogens (primary N) is 1. The fraction of sp³-hybridized carbons (Fsp3) is 0. The molecule has 0 amide bonds. The van der Waals surface area contributed by atoms with Gasteiger partial charge >= 0.3 is 0 Å². The highest BCUT2D eigenvalue weighted by Gasteiger charge is 2.15. The lowest BCUT2D eigenvalue weighted by atomic mass is 10.3. The molecule has 0 unspecified atom stereocenters. The Bertz CT molecular complexity index is 1030. The Morgan fingerprint density at radius 2 is 1.58 bits per heavy atom. The first kappa shape index (κ1) is 18.7. The third kappa shape index (κ3) is 4.47. The molecule has 128 valence electrons. The summed E-state index contributed by atoms with van der Waals surface area (Å²) < 4.78 is 62.9. The minimum Gasteiger partial charge on any atom is -0.398 e. The maximum Gasteiger partial charge on any atom is 0.296 e. The zero-order valence-electron chi connectivity index (χ0n) is 11.7. The lowest BCUT2D eigenvalue weighted by Crippen LogP contribution is -2.02. The average molecular weight is 483 g/mol.